The van der Waals surface area contributed by atoms with Crippen LogP contribution >= 0.6 is 23.4 Å². The van der Waals surface area contributed by atoms with Crippen LogP contribution < -0.4 is 5.32 Å². The molecule has 0 fully saturated rings. The van der Waals surface area contributed by atoms with Gasteiger partial charge in [0, 0.05) is 10.7 Å². The molecule has 0 saturated carbocycles. The Labute approximate surface area is 149 Å². The summed E-state index contributed by atoms with van der Waals surface area (Å²) in [6.45, 7) is 3.88. The minimum absolute atomic E-state index is 0.0929. The summed E-state index contributed by atoms with van der Waals surface area (Å²) in [6.07, 6.45) is 0.662. The van der Waals surface area contributed by atoms with Gasteiger partial charge in [-0.15, -0.1) is 0 Å². The third-order valence-electron chi connectivity index (χ3n) is 3.62. The second-order valence-electron chi connectivity index (χ2n) is 5.42. The number of hydrogen-bond donors (Lipinski definition) is 1. The fourth-order valence-electron chi connectivity index (χ4n) is 2.24. The number of aromatic nitrogens is 1. The van der Waals surface area contributed by atoms with Crippen molar-refractivity contribution < 1.29 is 9.21 Å². The number of amides is 1. The first-order valence-corrected chi connectivity index (χ1v) is 8.92. The third-order valence-corrected chi connectivity index (χ3v) is 5.24. The van der Waals surface area contributed by atoms with Crippen LogP contribution in [0, 0.1) is 6.92 Å². The van der Waals surface area contributed by atoms with E-state index >= 15 is 0 Å². The summed E-state index contributed by atoms with van der Waals surface area (Å²) in [4.78, 5) is 16.9. The average molecular weight is 361 g/mol. The van der Waals surface area contributed by atoms with Crippen LogP contribution in [0.15, 0.2) is 52.1 Å². The van der Waals surface area contributed by atoms with Gasteiger partial charge in [-0.25, -0.2) is 4.98 Å². The van der Waals surface area contributed by atoms with Gasteiger partial charge in [-0.05, 0) is 43.2 Å². The molecule has 3 aromatic rings. The quantitative estimate of drug-likeness (QED) is 0.627. The van der Waals surface area contributed by atoms with Crippen LogP contribution in [0.2, 0.25) is 5.02 Å². The topological polar surface area (TPSA) is 55.1 Å². The number of carbonyl (C=O) groups excluding carboxylic acids is 1. The van der Waals surface area contributed by atoms with Crippen LogP contribution in [0.5, 0.6) is 0 Å². The summed E-state index contributed by atoms with van der Waals surface area (Å²) >= 11 is 7.43. The fraction of sp³-hybridized carbons (Fsp3) is 0.222. The number of nitrogens with one attached hydrogen (secondary N) is 1. The molecule has 1 amide bonds. The van der Waals surface area contributed by atoms with E-state index in [9.17, 15) is 4.79 Å². The highest BCUT2D eigenvalue weighted by molar-refractivity contribution is 8.00. The molecule has 4 nitrogen and oxygen atoms in total. The minimum atomic E-state index is -0.293. The molecule has 0 spiro atoms. The lowest BCUT2D eigenvalue weighted by molar-refractivity contribution is -0.115. The lowest BCUT2D eigenvalue weighted by Gasteiger charge is -2.13. The van der Waals surface area contributed by atoms with Crippen molar-refractivity contribution in [3.05, 3.63) is 53.1 Å². The largest absolute Gasteiger partial charge is 0.431 e. The Hall–Kier alpha value is -1.98. The van der Waals surface area contributed by atoms with Crippen LogP contribution in [0.3, 0.4) is 0 Å². The Morgan fingerprint density at radius 1 is 1.33 bits per heavy atom. The van der Waals surface area contributed by atoms with Crippen LogP contribution in [0.4, 0.5) is 5.69 Å². The molecule has 6 heteroatoms. The van der Waals surface area contributed by atoms with E-state index < -0.39 is 0 Å². The highest BCUT2D eigenvalue weighted by Crippen LogP contribution is 2.29. The average Bonchev–Trinajstić information content (AvgIpc) is 2.98. The van der Waals surface area contributed by atoms with Gasteiger partial charge in [0.2, 0.25) is 5.91 Å². The van der Waals surface area contributed by atoms with Crippen molar-refractivity contribution in [1.29, 1.82) is 0 Å². The molecule has 0 aliphatic heterocycles. The smallest absolute Gasteiger partial charge is 0.257 e. The summed E-state index contributed by atoms with van der Waals surface area (Å²) in [5.41, 5.74) is 3.18. The van der Waals surface area contributed by atoms with Crippen molar-refractivity contribution in [3.8, 4) is 0 Å². The van der Waals surface area contributed by atoms with Gasteiger partial charge >= 0.3 is 0 Å². The third kappa shape index (κ3) is 3.74. The maximum absolute atomic E-state index is 12.5. The minimum Gasteiger partial charge on any atom is -0.431 e. The van der Waals surface area contributed by atoms with Crippen molar-refractivity contribution in [2.75, 3.05) is 5.32 Å². The second-order valence-corrected chi connectivity index (χ2v) is 6.98. The summed E-state index contributed by atoms with van der Waals surface area (Å²) in [5, 5.41) is 3.74. The van der Waals surface area contributed by atoms with Gasteiger partial charge in [-0.1, -0.05) is 48.5 Å². The predicted octanol–water partition coefficient (Wildman–Crippen LogP) is 5.30. The number of para-hydroxylation sites is 2. The zero-order valence-electron chi connectivity index (χ0n) is 13.4. The zero-order chi connectivity index (χ0) is 17.1. The van der Waals surface area contributed by atoms with E-state index in [1.807, 2.05) is 50.2 Å². The van der Waals surface area contributed by atoms with Crippen molar-refractivity contribution in [1.82, 2.24) is 4.98 Å². The molecule has 0 radical (unpaired) electrons. The van der Waals surface area contributed by atoms with Crippen molar-refractivity contribution in [3.63, 3.8) is 0 Å². The molecule has 0 bridgehead atoms. The Morgan fingerprint density at radius 3 is 2.83 bits per heavy atom. The molecule has 124 valence electrons. The van der Waals surface area contributed by atoms with Crippen LogP contribution in [-0.4, -0.2) is 16.1 Å². The number of nitrogens with zero attached hydrogens (tertiary/aromatic N) is 1. The Morgan fingerprint density at radius 2 is 2.12 bits per heavy atom. The molecule has 1 heterocycles. The number of hydrogen-bond acceptors (Lipinski definition) is 4. The van der Waals surface area contributed by atoms with Crippen molar-refractivity contribution >= 4 is 46.1 Å². The first-order chi connectivity index (χ1) is 11.6. The van der Waals surface area contributed by atoms with E-state index in [0.29, 0.717) is 22.4 Å². The molecule has 0 saturated heterocycles. The number of oxazole rings is 1. The molecule has 24 heavy (non-hydrogen) atoms. The van der Waals surface area contributed by atoms with Gasteiger partial charge in [0.05, 0.1) is 5.25 Å². The number of thioether (sulfide) groups is 1. The summed E-state index contributed by atoms with van der Waals surface area (Å²) < 4.78 is 5.69. The van der Waals surface area contributed by atoms with Gasteiger partial charge in [-0.2, -0.15) is 0 Å². The molecule has 1 unspecified atom stereocenters. The molecule has 0 aliphatic rings. The van der Waals surface area contributed by atoms with E-state index in [-0.39, 0.29) is 11.2 Å². The standard InChI is InChI=1S/C18H17ClN2O2S/c1-3-16(17(22)20-12-9-8-11(2)13(19)10-12)24-18-21-14-6-4-5-7-15(14)23-18/h4-10,16H,3H2,1-2H3,(H,20,22). The number of aryl methyl sites for hydroxylation is 1. The predicted molar refractivity (Wildman–Crippen MR) is 98.8 cm³/mol. The van der Waals surface area contributed by atoms with E-state index in [1.54, 1.807) is 6.07 Å². The zero-order valence-corrected chi connectivity index (χ0v) is 14.9. The van der Waals surface area contributed by atoms with Crippen molar-refractivity contribution in [2.45, 2.75) is 30.7 Å². The van der Waals surface area contributed by atoms with E-state index in [4.69, 9.17) is 16.0 Å². The van der Waals surface area contributed by atoms with Crippen LogP contribution in [0.1, 0.15) is 18.9 Å². The maximum Gasteiger partial charge on any atom is 0.257 e. The lowest BCUT2D eigenvalue weighted by Crippen LogP contribution is -2.24. The van der Waals surface area contributed by atoms with Gasteiger partial charge in [0.15, 0.2) is 5.58 Å². The molecular formula is C18H17ClN2O2S. The highest BCUT2D eigenvalue weighted by Gasteiger charge is 2.21. The molecule has 1 atom stereocenters. The summed E-state index contributed by atoms with van der Waals surface area (Å²) in [6, 6.07) is 13.0. The number of halogens is 1. The number of rotatable bonds is 5. The molecular weight excluding hydrogens is 344 g/mol. The molecule has 1 N–H and O–H groups in total. The Kier molecular flexibility index (Phi) is 5.11. The number of benzene rings is 2. The molecule has 3 rings (SSSR count). The monoisotopic (exact) mass is 360 g/mol. The second kappa shape index (κ2) is 7.28. The number of fused-ring (bicyclic) bond motifs is 1. The van der Waals surface area contributed by atoms with Crippen molar-refractivity contribution in [2.24, 2.45) is 0 Å². The van der Waals surface area contributed by atoms with Gasteiger partial charge in [-0.3, -0.25) is 4.79 Å². The first kappa shape index (κ1) is 16.9. The van der Waals surface area contributed by atoms with Crippen LogP contribution in [0.25, 0.3) is 11.1 Å². The summed E-state index contributed by atoms with van der Waals surface area (Å²) in [5.74, 6) is -0.0929. The molecule has 0 aliphatic carbocycles. The van der Waals surface area contributed by atoms with E-state index in [1.165, 1.54) is 11.8 Å². The summed E-state index contributed by atoms with van der Waals surface area (Å²) in [7, 11) is 0. The number of anilines is 1. The fourth-order valence-corrected chi connectivity index (χ4v) is 3.28. The highest BCUT2D eigenvalue weighted by atomic mass is 35.5. The lowest BCUT2D eigenvalue weighted by atomic mass is 10.2. The van der Waals surface area contributed by atoms with E-state index in [0.717, 1.165) is 16.7 Å². The maximum atomic E-state index is 12.5. The molecule has 2 aromatic carbocycles. The number of carbonyl (C=O) groups is 1. The first-order valence-electron chi connectivity index (χ1n) is 7.66. The van der Waals surface area contributed by atoms with Gasteiger partial charge < -0.3 is 9.73 Å². The normalized spacial score (nSPS) is 12.3. The molecule has 1 aromatic heterocycles. The Balaban J connectivity index is 1.72. The SMILES string of the molecule is CCC(Sc1nc2ccccc2o1)C(=O)Nc1ccc(C)c(Cl)c1. The van der Waals surface area contributed by atoms with Gasteiger partial charge in [0.1, 0.15) is 5.52 Å². The van der Waals surface area contributed by atoms with E-state index in [2.05, 4.69) is 10.3 Å². The van der Waals surface area contributed by atoms with Crippen LogP contribution in [-0.2, 0) is 4.79 Å². The Bertz CT molecular complexity index is 845. The van der Waals surface area contributed by atoms with Gasteiger partial charge in [0.25, 0.3) is 5.22 Å².